The van der Waals surface area contributed by atoms with E-state index in [-0.39, 0.29) is 18.3 Å². The van der Waals surface area contributed by atoms with Crippen molar-refractivity contribution in [1.29, 1.82) is 0 Å². The fourth-order valence-corrected chi connectivity index (χ4v) is 2.90. The summed E-state index contributed by atoms with van der Waals surface area (Å²) in [5, 5.41) is 10.2. The fraction of sp³-hybridized carbons (Fsp3) is 0.471. The number of nitrogens with zero attached hydrogens (tertiary/aromatic N) is 2. The number of rotatable bonds is 4. The molecule has 4 N–H and O–H groups in total. The molecular formula is C17H22ClN5O2. The van der Waals surface area contributed by atoms with Gasteiger partial charge in [0.25, 0.3) is 0 Å². The second-order valence-corrected chi connectivity index (χ2v) is 6.62. The largest absolute Gasteiger partial charge is 0.381 e. The zero-order chi connectivity index (χ0) is 16.6. The smallest absolute Gasteiger partial charge is 0.244 e. The Hall–Kier alpha value is -1.96. The average molecular weight is 364 g/mol. The van der Waals surface area contributed by atoms with E-state index in [9.17, 15) is 4.79 Å². The van der Waals surface area contributed by atoms with Gasteiger partial charge in [0.1, 0.15) is 11.4 Å². The summed E-state index contributed by atoms with van der Waals surface area (Å²) in [4.78, 5) is 17.1. The van der Waals surface area contributed by atoms with E-state index in [1.165, 1.54) is 12.8 Å². The molecule has 2 fully saturated rings. The minimum Gasteiger partial charge on any atom is -0.381 e. The number of hydrogen-bond donors (Lipinski definition) is 3. The SMILES string of the molecule is Cl.NC1(C(=O)Nc2cccc(-c3n[nH]c(C4CC4)n3)c2)CCOCC1. The van der Waals surface area contributed by atoms with Crippen LogP contribution in [0.5, 0.6) is 0 Å². The molecule has 2 aliphatic rings. The molecule has 0 atom stereocenters. The Morgan fingerprint density at radius 1 is 1.32 bits per heavy atom. The molecule has 1 saturated carbocycles. The van der Waals surface area contributed by atoms with Gasteiger partial charge >= 0.3 is 0 Å². The van der Waals surface area contributed by atoms with Crippen LogP contribution in [0.25, 0.3) is 11.4 Å². The van der Waals surface area contributed by atoms with E-state index < -0.39 is 5.54 Å². The second-order valence-electron chi connectivity index (χ2n) is 6.62. The number of benzene rings is 1. The molecule has 4 rings (SSSR count). The summed E-state index contributed by atoms with van der Waals surface area (Å²) in [5.74, 6) is 1.96. The topological polar surface area (TPSA) is 106 Å². The summed E-state index contributed by atoms with van der Waals surface area (Å²) < 4.78 is 5.29. The van der Waals surface area contributed by atoms with Crippen LogP contribution in [0.1, 0.15) is 37.4 Å². The number of nitrogens with one attached hydrogen (secondary N) is 2. The molecule has 1 aromatic heterocycles. The van der Waals surface area contributed by atoms with Gasteiger partial charge in [-0.15, -0.1) is 12.4 Å². The summed E-state index contributed by atoms with van der Waals surface area (Å²) in [6.07, 6.45) is 3.41. The van der Waals surface area contributed by atoms with E-state index in [1.807, 2.05) is 24.3 Å². The standard InChI is InChI=1S/C17H21N5O2.ClH/c18-17(6-8-24-9-7-17)16(23)19-13-3-1-2-12(10-13)15-20-14(21-22-15)11-4-5-11;/h1-3,10-11H,4-9,18H2,(H,19,23)(H,20,21,22);1H. The first kappa shape index (κ1) is 17.8. The fourth-order valence-electron chi connectivity index (χ4n) is 2.90. The number of aromatic nitrogens is 3. The Balaban J connectivity index is 0.00000182. The van der Waals surface area contributed by atoms with Gasteiger partial charge < -0.3 is 15.8 Å². The molecule has 25 heavy (non-hydrogen) atoms. The molecule has 1 aliphatic carbocycles. The van der Waals surface area contributed by atoms with Crippen molar-refractivity contribution in [2.45, 2.75) is 37.1 Å². The minimum atomic E-state index is -0.863. The van der Waals surface area contributed by atoms with Crippen molar-refractivity contribution in [3.05, 3.63) is 30.1 Å². The first-order valence-corrected chi connectivity index (χ1v) is 8.35. The normalized spacial score (nSPS) is 19.1. The maximum absolute atomic E-state index is 12.5. The van der Waals surface area contributed by atoms with E-state index in [0.717, 1.165) is 11.4 Å². The van der Waals surface area contributed by atoms with Crippen LogP contribution in [0.15, 0.2) is 24.3 Å². The highest BCUT2D eigenvalue weighted by atomic mass is 35.5. The van der Waals surface area contributed by atoms with Gasteiger partial charge in [0.15, 0.2) is 5.82 Å². The van der Waals surface area contributed by atoms with Gasteiger partial charge in [-0.1, -0.05) is 12.1 Å². The van der Waals surface area contributed by atoms with Gasteiger partial charge in [-0.2, -0.15) is 5.10 Å². The number of amides is 1. The van der Waals surface area contributed by atoms with Crippen LogP contribution in [0.2, 0.25) is 0 Å². The van der Waals surface area contributed by atoms with Crippen molar-refractivity contribution in [2.75, 3.05) is 18.5 Å². The molecule has 1 aliphatic heterocycles. The number of ether oxygens (including phenoxy) is 1. The Labute approximate surface area is 152 Å². The molecule has 0 radical (unpaired) electrons. The lowest BCUT2D eigenvalue weighted by atomic mass is 9.90. The van der Waals surface area contributed by atoms with Gasteiger partial charge in [-0.3, -0.25) is 9.89 Å². The first-order valence-electron chi connectivity index (χ1n) is 8.35. The highest BCUT2D eigenvalue weighted by Crippen LogP contribution is 2.38. The molecule has 0 bridgehead atoms. The molecule has 134 valence electrons. The highest BCUT2D eigenvalue weighted by molar-refractivity contribution is 5.98. The molecule has 1 saturated heterocycles. The van der Waals surface area contributed by atoms with Crippen LogP contribution in [0.4, 0.5) is 5.69 Å². The maximum Gasteiger partial charge on any atom is 0.244 e. The van der Waals surface area contributed by atoms with Crippen LogP contribution >= 0.6 is 12.4 Å². The molecule has 1 amide bonds. The predicted molar refractivity (Wildman–Crippen MR) is 96.6 cm³/mol. The Kier molecular flexibility index (Phi) is 5.08. The number of anilines is 1. The number of halogens is 1. The monoisotopic (exact) mass is 363 g/mol. The van der Waals surface area contributed by atoms with E-state index in [4.69, 9.17) is 10.5 Å². The van der Waals surface area contributed by atoms with Crippen LogP contribution in [-0.4, -0.2) is 39.8 Å². The van der Waals surface area contributed by atoms with E-state index >= 15 is 0 Å². The summed E-state index contributed by atoms with van der Waals surface area (Å²) >= 11 is 0. The lowest BCUT2D eigenvalue weighted by molar-refractivity contribution is -0.124. The molecule has 0 unspecified atom stereocenters. The summed E-state index contributed by atoms with van der Waals surface area (Å²) in [7, 11) is 0. The molecule has 2 heterocycles. The van der Waals surface area contributed by atoms with E-state index in [0.29, 0.717) is 43.5 Å². The lowest BCUT2D eigenvalue weighted by Gasteiger charge is -2.31. The van der Waals surface area contributed by atoms with E-state index in [2.05, 4.69) is 20.5 Å². The first-order chi connectivity index (χ1) is 11.6. The molecule has 7 nitrogen and oxygen atoms in total. The second kappa shape index (κ2) is 7.11. The van der Waals surface area contributed by atoms with Crippen LogP contribution in [-0.2, 0) is 9.53 Å². The van der Waals surface area contributed by atoms with Crippen molar-refractivity contribution < 1.29 is 9.53 Å². The van der Waals surface area contributed by atoms with Crippen molar-refractivity contribution in [3.63, 3.8) is 0 Å². The summed E-state index contributed by atoms with van der Waals surface area (Å²) in [6.45, 7) is 1.04. The van der Waals surface area contributed by atoms with Crippen molar-refractivity contribution >= 4 is 24.0 Å². The van der Waals surface area contributed by atoms with Crippen molar-refractivity contribution in [1.82, 2.24) is 15.2 Å². The molecule has 8 heteroatoms. The minimum absolute atomic E-state index is 0. The predicted octanol–water partition coefficient (Wildman–Crippen LogP) is 2.22. The summed E-state index contributed by atoms with van der Waals surface area (Å²) in [6, 6.07) is 7.53. The number of nitrogens with two attached hydrogens (primary N) is 1. The third kappa shape index (κ3) is 3.84. The van der Waals surface area contributed by atoms with Gasteiger partial charge in [0.05, 0.1) is 0 Å². The Morgan fingerprint density at radius 3 is 2.80 bits per heavy atom. The number of carbonyl (C=O) groups excluding carboxylic acids is 1. The van der Waals surface area contributed by atoms with Gasteiger partial charge in [-0.25, -0.2) is 4.98 Å². The number of H-pyrrole nitrogens is 1. The number of aromatic amines is 1. The van der Waals surface area contributed by atoms with Gasteiger partial charge in [-0.05, 0) is 37.8 Å². The van der Waals surface area contributed by atoms with Crippen molar-refractivity contribution in [3.8, 4) is 11.4 Å². The molecular weight excluding hydrogens is 342 g/mol. The zero-order valence-corrected chi connectivity index (χ0v) is 14.6. The summed E-state index contributed by atoms with van der Waals surface area (Å²) in [5.41, 5.74) is 6.93. The van der Waals surface area contributed by atoms with E-state index in [1.54, 1.807) is 0 Å². The highest BCUT2D eigenvalue weighted by Gasteiger charge is 2.36. The Bertz CT molecular complexity index is 753. The lowest BCUT2D eigenvalue weighted by Crippen LogP contribution is -2.54. The zero-order valence-electron chi connectivity index (χ0n) is 13.8. The van der Waals surface area contributed by atoms with Crippen LogP contribution in [0.3, 0.4) is 0 Å². The third-order valence-corrected chi connectivity index (χ3v) is 4.68. The molecule has 0 spiro atoms. The van der Waals surface area contributed by atoms with Crippen molar-refractivity contribution in [2.24, 2.45) is 5.73 Å². The van der Waals surface area contributed by atoms with Crippen LogP contribution < -0.4 is 11.1 Å². The van der Waals surface area contributed by atoms with Gasteiger partial charge in [0, 0.05) is 30.4 Å². The Morgan fingerprint density at radius 2 is 2.08 bits per heavy atom. The third-order valence-electron chi connectivity index (χ3n) is 4.68. The molecule has 2 aromatic rings. The average Bonchev–Trinajstić information content (AvgIpc) is 3.33. The number of hydrogen-bond acceptors (Lipinski definition) is 5. The quantitative estimate of drug-likeness (QED) is 0.772. The van der Waals surface area contributed by atoms with Crippen LogP contribution in [0, 0.1) is 0 Å². The number of carbonyl (C=O) groups is 1. The maximum atomic E-state index is 12.5. The molecule has 1 aromatic carbocycles. The van der Waals surface area contributed by atoms with Gasteiger partial charge in [0.2, 0.25) is 5.91 Å².